The molecular weight excluding hydrogens is 435 g/mol. The Bertz CT molecular complexity index is 535. The summed E-state index contributed by atoms with van der Waals surface area (Å²) in [5, 5.41) is 0. The molecule has 1 aromatic rings. The fraction of sp³-hybridized carbons (Fsp3) is 0.640. The third-order valence-electron chi connectivity index (χ3n) is 5.72. The van der Waals surface area contributed by atoms with Gasteiger partial charge in [-0.2, -0.15) is 0 Å². The molecule has 1 rings (SSSR count). The number of hydrogen-bond acceptors (Lipinski definition) is 1. The van der Waals surface area contributed by atoms with Crippen LogP contribution in [0.2, 0.25) is 13.3 Å². The van der Waals surface area contributed by atoms with E-state index in [9.17, 15) is 0 Å². The predicted octanol–water partition coefficient (Wildman–Crippen LogP) is 7.73. The summed E-state index contributed by atoms with van der Waals surface area (Å²) in [6, 6.07) is 10.7. The fourth-order valence-electron chi connectivity index (χ4n) is 3.78. The first-order valence-electron chi connectivity index (χ1n) is 11.1. The van der Waals surface area contributed by atoms with Crippen molar-refractivity contribution in [3.63, 3.8) is 0 Å². The van der Waals surface area contributed by atoms with Gasteiger partial charge < -0.3 is 0 Å². The van der Waals surface area contributed by atoms with Gasteiger partial charge in [0, 0.05) is 0 Å². The fourth-order valence-corrected chi connectivity index (χ4v) is 17.7. The van der Waals surface area contributed by atoms with E-state index >= 15 is 0 Å². The van der Waals surface area contributed by atoms with Crippen LogP contribution in [0.4, 0.5) is 0 Å². The second-order valence-corrected chi connectivity index (χ2v) is 20.9. The summed E-state index contributed by atoms with van der Waals surface area (Å²) in [5.74, 6) is 0. The van der Waals surface area contributed by atoms with Crippen LogP contribution in [0.15, 0.2) is 45.7 Å². The zero-order valence-corrected chi connectivity index (χ0v) is 21.4. The van der Waals surface area contributed by atoms with Gasteiger partial charge in [0.05, 0.1) is 0 Å². The summed E-state index contributed by atoms with van der Waals surface area (Å²) in [5.41, 5.74) is 6.39. The first-order valence-corrected chi connectivity index (χ1v) is 18.8. The normalized spacial score (nSPS) is 12.5. The van der Waals surface area contributed by atoms with Crippen molar-refractivity contribution >= 4 is 18.4 Å². The van der Waals surface area contributed by atoms with Crippen LogP contribution in [-0.4, -0.2) is 31.6 Å². The Labute approximate surface area is 173 Å². The number of benzene rings is 1. The predicted molar refractivity (Wildman–Crippen MR) is 123 cm³/mol. The molecule has 0 N–H and O–H groups in total. The monoisotopic (exact) mass is 478 g/mol. The molecule has 152 valence electrons. The molecule has 1 aromatic carbocycles. The SMILES string of the molecule is CCC[CH2][Sn]([CH]=C=C(C)C(Cc1ccccc1)OC)([CH2]CCC)[CH2]CCC. The molecule has 0 fully saturated rings. The average molecular weight is 477 g/mol. The van der Waals surface area contributed by atoms with E-state index in [0.29, 0.717) is 0 Å². The molecular formula is C25H42OSn. The Balaban J connectivity index is 3.05. The van der Waals surface area contributed by atoms with Crippen LogP contribution in [0.5, 0.6) is 0 Å². The molecule has 2 heteroatoms. The molecule has 27 heavy (non-hydrogen) atoms. The molecule has 0 spiro atoms. The Hall–Kier alpha value is -0.501. The molecule has 0 radical (unpaired) electrons. The Morgan fingerprint density at radius 3 is 1.93 bits per heavy atom. The van der Waals surface area contributed by atoms with Gasteiger partial charge in [-0.15, -0.1) is 0 Å². The standard InChI is InChI=1S/C13H15O.3C4H9.Sn/c1-4-11(2)13(14-3)10-12-8-6-5-7-9-12;3*1-3-4-2;/h1,5-9,13H,10H2,2-3H3;3*1,3-4H2,2H3;. The molecule has 1 nitrogen and oxygen atoms in total. The number of methoxy groups -OCH3 is 1. The van der Waals surface area contributed by atoms with Gasteiger partial charge in [0.15, 0.2) is 0 Å². The van der Waals surface area contributed by atoms with E-state index < -0.39 is 18.4 Å². The van der Waals surface area contributed by atoms with Crippen molar-refractivity contribution in [2.45, 2.75) is 92.1 Å². The number of rotatable bonds is 14. The van der Waals surface area contributed by atoms with Gasteiger partial charge >= 0.3 is 174 Å². The molecule has 1 atom stereocenters. The summed E-state index contributed by atoms with van der Waals surface area (Å²) >= 11 is -2.25. The number of unbranched alkanes of at least 4 members (excludes halogenated alkanes) is 3. The quantitative estimate of drug-likeness (QED) is 0.197. The molecule has 0 aliphatic heterocycles. The van der Waals surface area contributed by atoms with Crippen molar-refractivity contribution in [1.82, 2.24) is 0 Å². The average Bonchev–Trinajstić information content (AvgIpc) is 2.71. The van der Waals surface area contributed by atoms with Crippen LogP contribution in [0.1, 0.15) is 71.8 Å². The van der Waals surface area contributed by atoms with Crippen LogP contribution in [-0.2, 0) is 11.2 Å². The topological polar surface area (TPSA) is 9.23 Å². The molecule has 0 bridgehead atoms. The zero-order valence-electron chi connectivity index (χ0n) is 18.5. The Kier molecular flexibility index (Phi) is 13.2. The molecule has 0 aliphatic carbocycles. The van der Waals surface area contributed by atoms with Crippen molar-refractivity contribution in [2.24, 2.45) is 0 Å². The Morgan fingerprint density at radius 1 is 0.963 bits per heavy atom. The zero-order chi connectivity index (χ0) is 20.0. The van der Waals surface area contributed by atoms with Gasteiger partial charge in [-0.05, 0) is 0 Å². The van der Waals surface area contributed by atoms with Crippen LogP contribution in [0.3, 0.4) is 0 Å². The second-order valence-electron chi connectivity index (χ2n) is 8.06. The third kappa shape index (κ3) is 9.50. The van der Waals surface area contributed by atoms with E-state index in [2.05, 4.69) is 67.8 Å². The first kappa shape index (κ1) is 24.5. The van der Waals surface area contributed by atoms with E-state index in [1.165, 1.54) is 63.0 Å². The molecule has 1 unspecified atom stereocenters. The minimum absolute atomic E-state index is 0.135. The second kappa shape index (κ2) is 14.5. The van der Waals surface area contributed by atoms with Gasteiger partial charge in [-0.25, -0.2) is 0 Å². The summed E-state index contributed by atoms with van der Waals surface area (Å²) in [4.78, 5) is 0. The van der Waals surface area contributed by atoms with E-state index in [0.717, 1.165) is 6.42 Å². The third-order valence-corrected chi connectivity index (χ3v) is 19.4. The van der Waals surface area contributed by atoms with Gasteiger partial charge in [0.2, 0.25) is 0 Å². The van der Waals surface area contributed by atoms with Crippen molar-refractivity contribution < 1.29 is 4.74 Å². The maximum atomic E-state index is 5.83. The maximum absolute atomic E-state index is 5.83. The van der Waals surface area contributed by atoms with Crippen LogP contribution < -0.4 is 0 Å². The number of ether oxygens (including phenoxy) is 1. The van der Waals surface area contributed by atoms with Gasteiger partial charge in [-0.1, -0.05) is 0 Å². The van der Waals surface area contributed by atoms with Crippen LogP contribution >= 0.6 is 0 Å². The van der Waals surface area contributed by atoms with Crippen molar-refractivity contribution in [3.8, 4) is 0 Å². The van der Waals surface area contributed by atoms with E-state index in [4.69, 9.17) is 4.74 Å². The number of hydrogen-bond donors (Lipinski definition) is 0. The summed E-state index contributed by atoms with van der Waals surface area (Å²) in [7, 11) is 1.83. The van der Waals surface area contributed by atoms with E-state index in [1.54, 1.807) is 0 Å². The molecule has 0 saturated carbocycles. The van der Waals surface area contributed by atoms with Gasteiger partial charge in [-0.3, -0.25) is 0 Å². The first-order chi connectivity index (χ1) is 13.1. The van der Waals surface area contributed by atoms with E-state index in [-0.39, 0.29) is 6.10 Å². The van der Waals surface area contributed by atoms with Gasteiger partial charge in [0.1, 0.15) is 0 Å². The van der Waals surface area contributed by atoms with Crippen LogP contribution in [0.25, 0.3) is 0 Å². The Morgan fingerprint density at radius 2 is 1.48 bits per heavy atom. The molecule has 0 saturated heterocycles. The molecule has 0 amide bonds. The molecule has 0 aliphatic rings. The summed E-state index contributed by atoms with van der Waals surface area (Å²) in [6.45, 7) is 9.22. The molecule has 0 heterocycles. The minimum atomic E-state index is -2.25. The van der Waals surface area contributed by atoms with Crippen molar-refractivity contribution in [2.75, 3.05) is 7.11 Å². The van der Waals surface area contributed by atoms with Crippen LogP contribution in [0, 0.1) is 0 Å². The van der Waals surface area contributed by atoms with Gasteiger partial charge in [0.25, 0.3) is 0 Å². The molecule has 0 aromatic heterocycles. The summed E-state index contributed by atoms with van der Waals surface area (Å²) in [6.07, 6.45) is 9.24. The van der Waals surface area contributed by atoms with E-state index in [1.807, 2.05) is 7.11 Å². The van der Waals surface area contributed by atoms with Crippen molar-refractivity contribution in [3.05, 3.63) is 51.3 Å². The van der Waals surface area contributed by atoms with Crippen molar-refractivity contribution in [1.29, 1.82) is 0 Å². The summed E-state index contributed by atoms with van der Waals surface area (Å²) < 4.78 is 13.0.